The summed E-state index contributed by atoms with van der Waals surface area (Å²) in [5.41, 5.74) is 16.4. The lowest BCUT2D eigenvalue weighted by Crippen LogP contribution is -2.09. The average molecular weight is 385 g/mol. The Morgan fingerprint density at radius 3 is 1.64 bits per heavy atom. The number of nitrogen functional groups attached to an aromatic ring is 2. The SMILES string of the molecule is CCCCCCCCCC(c1cccc(OC)c1N)c1cccc(OC)c1N. The number of nitrogens with two attached hydrogens (primary N) is 2. The lowest BCUT2D eigenvalue weighted by Gasteiger charge is -2.23. The zero-order chi connectivity index (χ0) is 20.4. The molecule has 0 radical (unpaired) electrons. The third-order valence-electron chi connectivity index (χ3n) is 5.49. The average Bonchev–Trinajstić information content (AvgIpc) is 2.71. The molecule has 0 saturated carbocycles. The summed E-state index contributed by atoms with van der Waals surface area (Å²) in [7, 11) is 3.31. The molecule has 0 aromatic heterocycles. The molecule has 4 nitrogen and oxygen atoms in total. The largest absolute Gasteiger partial charge is 0.495 e. The Labute approximate surface area is 170 Å². The quantitative estimate of drug-likeness (QED) is 0.340. The zero-order valence-electron chi connectivity index (χ0n) is 17.7. The van der Waals surface area contributed by atoms with Gasteiger partial charge in [-0.25, -0.2) is 0 Å². The van der Waals surface area contributed by atoms with Crippen molar-refractivity contribution in [2.45, 2.75) is 64.2 Å². The fraction of sp³-hybridized carbons (Fsp3) is 0.500. The highest BCUT2D eigenvalue weighted by atomic mass is 16.5. The van der Waals surface area contributed by atoms with Gasteiger partial charge in [-0.15, -0.1) is 0 Å². The van der Waals surface area contributed by atoms with E-state index in [-0.39, 0.29) is 5.92 Å². The minimum atomic E-state index is 0.126. The summed E-state index contributed by atoms with van der Waals surface area (Å²) >= 11 is 0. The topological polar surface area (TPSA) is 70.5 Å². The van der Waals surface area contributed by atoms with Gasteiger partial charge in [-0.1, -0.05) is 76.1 Å². The molecule has 154 valence electrons. The van der Waals surface area contributed by atoms with Crippen LogP contribution >= 0.6 is 0 Å². The summed E-state index contributed by atoms with van der Waals surface area (Å²) in [4.78, 5) is 0. The van der Waals surface area contributed by atoms with Crippen LogP contribution < -0.4 is 20.9 Å². The van der Waals surface area contributed by atoms with Gasteiger partial charge in [-0.2, -0.15) is 0 Å². The summed E-state index contributed by atoms with van der Waals surface area (Å²) in [6, 6.07) is 12.0. The minimum absolute atomic E-state index is 0.126. The molecule has 0 spiro atoms. The van der Waals surface area contributed by atoms with E-state index in [0.717, 1.165) is 24.0 Å². The van der Waals surface area contributed by atoms with Gasteiger partial charge in [0.15, 0.2) is 0 Å². The zero-order valence-corrected chi connectivity index (χ0v) is 17.7. The van der Waals surface area contributed by atoms with Crippen LogP contribution in [0, 0.1) is 0 Å². The molecule has 0 aliphatic heterocycles. The molecule has 2 aromatic rings. The molecule has 0 aliphatic carbocycles. The number of unbranched alkanes of at least 4 members (excludes halogenated alkanes) is 6. The van der Waals surface area contributed by atoms with Gasteiger partial charge < -0.3 is 20.9 Å². The van der Waals surface area contributed by atoms with Gasteiger partial charge >= 0.3 is 0 Å². The van der Waals surface area contributed by atoms with Crippen LogP contribution in [0.1, 0.15) is 75.3 Å². The maximum atomic E-state index is 6.44. The number of ether oxygens (including phenoxy) is 2. The molecule has 0 unspecified atom stereocenters. The van der Waals surface area contributed by atoms with E-state index in [0.29, 0.717) is 22.9 Å². The molecule has 0 saturated heterocycles. The summed E-state index contributed by atoms with van der Waals surface area (Å²) in [6.45, 7) is 2.25. The number of methoxy groups -OCH3 is 2. The third kappa shape index (κ3) is 5.57. The summed E-state index contributed by atoms with van der Waals surface area (Å²) in [5, 5.41) is 0. The van der Waals surface area contributed by atoms with Crippen molar-refractivity contribution < 1.29 is 9.47 Å². The van der Waals surface area contributed by atoms with Crippen LogP contribution in [0.2, 0.25) is 0 Å². The Kier molecular flexibility index (Phi) is 8.99. The van der Waals surface area contributed by atoms with Gasteiger partial charge in [0.2, 0.25) is 0 Å². The van der Waals surface area contributed by atoms with Crippen molar-refractivity contribution >= 4 is 11.4 Å². The molecule has 0 bridgehead atoms. The van der Waals surface area contributed by atoms with Crippen LogP contribution in [0.15, 0.2) is 36.4 Å². The lowest BCUT2D eigenvalue weighted by molar-refractivity contribution is 0.415. The molecule has 28 heavy (non-hydrogen) atoms. The molecule has 0 aliphatic rings. The Balaban J connectivity index is 2.22. The van der Waals surface area contributed by atoms with Gasteiger partial charge in [0, 0.05) is 5.92 Å². The number of hydrogen-bond donors (Lipinski definition) is 2. The minimum Gasteiger partial charge on any atom is -0.495 e. The number of hydrogen-bond acceptors (Lipinski definition) is 4. The molecule has 2 rings (SSSR count). The highest BCUT2D eigenvalue weighted by Crippen LogP contribution is 2.41. The van der Waals surface area contributed by atoms with Crippen LogP contribution in [0.3, 0.4) is 0 Å². The van der Waals surface area contributed by atoms with E-state index in [4.69, 9.17) is 20.9 Å². The molecule has 4 N–H and O–H groups in total. The molecule has 0 heterocycles. The van der Waals surface area contributed by atoms with Crippen molar-refractivity contribution in [3.8, 4) is 11.5 Å². The first-order valence-electron chi connectivity index (χ1n) is 10.5. The van der Waals surface area contributed by atoms with Crippen molar-refractivity contribution in [2.75, 3.05) is 25.7 Å². The van der Waals surface area contributed by atoms with Crippen molar-refractivity contribution in [1.29, 1.82) is 0 Å². The number of rotatable bonds is 12. The van der Waals surface area contributed by atoms with E-state index in [9.17, 15) is 0 Å². The maximum Gasteiger partial charge on any atom is 0.142 e. The van der Waals surface area contributed by atoms with Gasteiger partial charge in [-0.05, 0) is 29.7 Å². The Morgan fingerprint density at radius 2 is 1.18 bits per heavy atom. The molecule has 2 aromatic carbocycles. The van der Waals surface area contributed by atoms with E-state index >= 15 is 0 Å². The monoisotopic (exact) mass is 384 g/mol. The molecule has 4 heteroatoms. The number of benzene rings is 2. The van der Waals surface area contributed by atoms with Crippen LogP contribution in [-0.2, 0) is 0 Å². The highest BCUT2D eigenvalue weighted by molar-refractivity contribution is 5.66. The maximum absolute atomic E-state index is 6.44. The molecule has 0 fully saturated rings. The number of anilines is 2. The fourth-order valence-corrected chi connectivity index (χ4v) is 3.87. The van der Waals surface area contributed by atoms with Crippen LogP contribution in [-0.4, -0.2) is 14.2 Å². The standard InChI is InChI=1S/C24H36N2O2/c1-4-5-6-7-8-9-10-13-18(19-14-11-16-21(27-2)23(19)25)20-15-12-17-22(28-3)24(20)26/h11-12,14-18H,4-10,13,25-26H2,1-3H3. The van der Waals surface area contributed by atoms with Crippen molar-refractivity contribution in [3.05, 3.63) is 47.5 Å². The van der Waals surface area contributed by atoms with Crippen molar-refractivity contribution in [1.82, 2.24) is 0 Å². The summed E-state index contributed by atoms with van der Waals surface area (Å²) in [6.07, 6.45) is 9.94. The van der Waals surface area contributed by atoms with Crippen LogP contribution in [0.4, 0.5) is 11.4 Å². The van der Waals surface area contributed by atoms with E-state index < -0.39 is 0 Å². The lowest BCUT2D eigenvalue weighted by atomic mass is 9.84. The summed E-state index contributed by atoms with van der Waals surface area (Å²) in [5.74, 6) is 1.55. The second kappa shape index (κ2) is 11.5. The first kappa shape index (κ1) is 21.9. The number of para-hydroxylation sites is 2. The molecular formula is C24H36N2O2. The second-order valence-electron chi connectivity index (χ2n) is 7.39. The molecular weight excluding hydrogens is 348 g/mol. The first-order chi connectivity index (χ1) is 13.6. The highest BCUT2D eigenvalue weighted by Gasteiger charge is 2.22. The van der Waals surface area contributed by atoms with E-state index in [1.54, 1.807) is 14.2 Å². The van der Waals surface area contributed by atoms with Crippen molar-refractivity contribution in [3.63, 3.8) is 0 Å². The Hall–Kier alpha value is -2.36. The Morgan fingerprint density at radius 1 is 0.714 bits per heavy atom. The Bertz CT molecular complexity index is 677. The van der Waals surface area contributed by atoms with E-state index in [2.05, 4.69) is 19.1 Å². The summed E-state index contributed by atoms with van der Waals surface area (Å²) < 4.78 is 10.9. The third-order valence-corrected chi connectivity index (χ3v) is 5.49. The van der Waals surface area contributed by atoms with E-state index in [1.807, 2.05) is 24.3 Å². The predicted octanol–water partition coefficient (Wildman–Crippen LogP) is 6.14. The van der Waals surface area contributed by atoms with Gasteiger partial charge in [0.1, 0.15) is 11.5 Å². The van der Waals surface area contributed by atoms with E-state index in [1.165, 1.54) is 38.5 Å². The fourth-order valence-electron chi connectivity index (χ4n) is 3.87. The molecule has 0 amide bonds. The van der Waals surface area contributed by atoms with Crippen molar-refractivity contribution in [2.24, 2.45) is 0 Å². The predicted molar refractivity (Wildman–Crippen MR) is 119 cm³/mol. The van der Waals surface area contributed by atoms with Crippen LogP contribution in [0.25, 0.3) is 0 Å². The van der Waals surface area contributed by atoms with Gasteiger partial charge in [0.25, 0.3) is 0 Å². The van der Waals surface area contributed by atoms with Gasteiger partial charge in [-0.3, -0.25) is 0 Å². The second-order valence-corrected chi connectivity index (χ2v) is 7.39. The molecule has 0 atom stereocenters. The normalized spacial score (nSPS) is 11.0. The smallest absolute Gasteiger partial charge is 0.142 e. The first-order valence-corrected chi connectivity index (χ1v) is 10.5. The van der Waals surface area contributed by atoms with Gasteiger partial charge in [0.05, 0.1) is 25.6 Å². The van der Waals surface area contributed by atoms with Crippen LogP contribution in [0.5, 0.6) is 11.5 Å².